The third-order valence-electron chi connectivity index (χ3n) is 3.43. The molecule has 1 saturated carbocycles. The Morgan fingerprint density at radius 2 is 2.05 bits per heavy atom. The first-order valence-corrected chi connectivity index (χ1v) is 6.98. The maximum atomic E-state index is 11.2. The van der Waals surface area contributed by atoms with Crippen molar-refractivity contribution < 1.29 is 9.53 Å². The number of hydrogen-bond acceptors (Lipinski definition) is 3. The highest BCUT2D eigenvalue weighted by molar-refractivity contribution is 5.92. The van der Waals surface area contributed by atoms with E-state index < -0.39 is 0 Å². The van der Waals surface area contributed by atoms with Gasteiger partial charge in [0.25, 0.3) is 0 Å². The molecule has 0 unspecified atom stereocenters. The fourth-order valence-corrected chi connectivity index (χ4v) is 2.40. The van der Waals surface area contributed by atoms with Crippen LogP contribution in [0.2, 0.25) is 0 Å². The van der Waals surface area contributed by atoms with Crippen LogP contribution in [-0.4, -0.2) is 18.6 Å². The SMILES string of the molecule is Cl.NCC(=O)Nc1cccc(COC2CCCCC2)c1. The standard InChI is InChI=1S/C15H22N2O2.ClH/c16-10-15(18)17-13-6-4-5-12(9-13)11-19-14-7-2-1-3-8-14;/h4-6,9,14H,1-3,7-8,10-11,16H2,(H,17,18);1H. The molecule has 0 radical (unpaired) electrons. The molecule has 0 spiro atoms. The second-order valence-corrected chi connectivity index (χ2v) is 5.02. The van der Waals surface area contributed by atoms with Gasteiger partial charge in [0.1, 0.15) is 0 Å². The summed E-state index contributed by atoms with van der Waals surface area (Å²) < 4.78 is 5.92. The zero-order valence-electron chi connectivity index (χ0n) is 11.6. The Labute approximate surface area is 126 Å². The third-order valence-corrected chi connectivity index (χ3v) is 3.43. The fraction of sp³-hybridized carbons (Fsp3) is 0.533. The van der Waals surface area contributed by atoms with E-state index in [0.29, 0.717) is 12.7 Å². The number of halogens is 1. The van der Waals surface area contributed by atoms with Crippen molar-refractivity contribution in [3.05, 3.63) is 29.8 Å². The molecule has 1 aromatic rings. The van der Waals surface area contributed by atoms with Gasteiger partial charge in [-0.25, -0.2) is 0 Å². The normalized spacial score (nSPS) is 15.4. The van der Waals surface area contributed by atoms with Gasteiger partial charge in [-0.05, 0) is 30.5 Å². The van der Waals surface area contributed by atoms with E-state index in [1.165, 1.54) is 32.1 Å². The lowest BCUT2D eigenvalue weighted by Gasteiger charge is -2.22. The lowest BCUT2D eigenvalue weighted by atomic mass is 9.98. The Hall–Kier alpha value is -1.10. The van der Waals surface area contributed by atoms with Crippen molar-refractivity contribution >= 4 is 24.0 Å². The number of nitrogens with two attached hydrogens (primary N) is 1. The lowest BCUT2D eigenvalue weighted by molar-refractivity contribution is -0.114. The van der Waals surface area contributed by atoms with E-state index >= 15 is 0 Å². The second kappa shape index (κ2) is 8.95. The first-order valence-electron chi connectivity index (χ1n) is 6.98. The molecule has 112 valence electrons. The van der Waals surface area contributed by atoms with Gasteiger partial charge in [-0.3, -0.25) is 4.79 Å². The quantitative estimate of drug-likeness (QED) is 0.878. The molecule has 1 aromatic carbocycles. The van der Waals surface area contributed by atoms with Crippen molar-refractivity contribution in [1.29, 1.82) is 0 Å². The first-order chi connectivity index (χ1) is 9.28. The molecule has 2 rings (SSSR count). The molecule has 0 aliphatic heterocycles. The molecule has 1 amide bonds. The monoisotopic (exact) mass is 298 g/mol. The van der Waals surface area contributed by atoms with Gasteiger partial charge in [0.15, 0.2) is 0 Å². The average Bonchev–Trinajstić information content (AvgIpc) is 2.46. The van der Waals surface area contributed by atoms with Crippen LogP contribution in [0.1, 0.15) is 37.7 Å². The highest BCUT2D eigenvalue weighted by atomic mass is 35.5. The van der Waals surface area contributed by atoms with Crippen LogP contribution in [0, 0.1) is 0 Å². The van der Waals surface area contributed by atoms with Gasteiger partial charge in [0, 0.05) is 5.69 Å². The number of hydrogen-bond donors (Lipinski definition) is 2. The van der Waals surface area contributed by atoms with E-state index in [0.717, 1.165) is 11.3 Å². The van der Waals surface area contributed by atoms with Crippen molar-refractivity contribution in [2.45, 2.75) is 44.8 Å². The molecule has 0 aromatic heterocycles. The van der Waals surface area contributed by atoms with E-state index in [9.17, 15) is 4.79 Å². The van der Waals surface area contributed by atoms with Crippen LogP contribution in [0.3, 0.4) is 0 Å². The summed E-state index contributed by atoms with van der Waals surface area (Å²) in [7, 11) is 0. The van der Waals surface area contributed by atoms with Gasteiger partial charge in [-0.2, -0.15) is 0 Å². The summed E-state index contributed by atoms with van der Waals surface area (Å²) in [5, 5.41) is 2.75. The Bertz CT molecular complexity index is 420. The molecular weight excluding hydrogens is 276 g/mol. The van der Waals surface area contributed by atoms with Gasteiger partial charge < -0.3 is 15.8 Å². The summed E-state index contributed by atoms with van der Waals surface area (Å²) in [5.41, 5.74) is 7.14. The fourth-order valence-electron chi connectivity index (χ4n) is 2.40. The van der Waals surface area contributed by atoms with Gasteiger partial charge in [-0.15, -0.1) is 12.4 Å². The number of carbonyl (C=O) groups excluding carboxylic acids is 1. The number of amides is 1. The Kier molecular flexibility index (Phi) is 7.59. The maximum Gasteiger partial charge on any atom is 0.238 e. The van der Waals surface area contributed by atoms with Crippen molar-refractivity contribution in [2.75, 3.05) is 11.9 Å². The summed E-state index contributed by atoms with van der Waals surface area (Å²) in [5.74, 6) is -0.176. The Morgan fingerprint density at radius 1 is 1.30 bits per heavy atom. The number of anilines is 1. The van der Waals surface area contributed by atoms with Crippen molar-refractivity contribution in [1.82, 2.24) is 0 Å². The zero-order valence-corrected chi connectivity index (χ0v) is 12.5. The van der Waals surface area contributed by atoms with E-state index in [1.807, 2.05) is 24.3 Å². The minimum Gasteiger partial charge on any atom is -0.374 e. The molecule has 3 N–H and O–H groups in total. The molecule has 0 bridgehead atoms. The van der Waals surface area contributed by atoms with Crippen LogP contribution in [0.4, 0.5) is 5.69 Å². The van der Waals surface area contributed by atoms with Gasteiger partial charge in [0.05, 0.1) is 19.3 Å². The summed E-state index contributed by atoms with van der Waals surface area (Å²) in [6, 6.07) is 7.74. The lowest BCUT2D eigenvalue weighted by Crippen LogP contribution is -2.21. The molecule has 0 atom stereocenters. The third kappa shape index (κ3) is 5.49. The van der Waals surface area contributed by atoms with Crippen molar-refractivity contribution in [3.63, 3.8) is 0 Å². The van der Waals surface area contributed by atoms with Gasteiger partial charge >= 0.3 is 0 Å². The maximum absolute atomic E-state index is 11.2. The van der Waals surface area contributed by atoms with Crippen LogP contribution in [-0.2, 0) is 16.1 Å². The molecule has 1 aliphatic carbocycles. The van der Waals surface area contributed by atoms with E-state index in [2.05, 4.69) is 5.32 Å². The largest absolute Gasteiger partial charge is 0.374 e. The summed E-state index contributed by atoms with van der Waals surface area (Å²) in [6.45, 7) is 0.611. The highest BCUT2D eigenvalue weighted by Crippen LogP contribution is 2.21. The summed E-state index contributed by atoms with van der Waals surface area (Å²) in [6.07, 6.45) is 6.62. The number of carbonyl (C=O) groups is 1. The van der Waals surface area contributed by atoms with Crippen molar-refractivity contribution in [2.24, 2.45) is 5.73 Å². The van der Waals surface area contributed by atoms with E-state index in [-0.39, 0.29) is 24.9 Å². The smallest absolute Gasteiger partial charge is 0.238 e. The number of benzene rings is 1. The molecule has 20 heavy (non-hydrogen) atoms. The topological polar surface area (TPSA) is 64.4 Å². The number of ether oxygens (including phenoxy) is 1. The zero-order chi connectivity index (χ0) is 13.5. The van der Waals surface area contributed by atoms with E-state index in [1.54, 1.807) is 0 Å². The summed E-state index contributed by atoms with van der Waals surface area (Å²) >= 11 is 0. The highest BCUT2D eigenvalue weighted by Gasteiger charge is 2.13. The van der Waals surface area contributed by atoms with E-state index in [4.69, 9.17) is 10.5 Å². The summed E-state index contributed by atoms with van der Waals surface area (Å²) in [4.78, 5) is 11.2. The molecule has 1 fully saturated rings. The molecule has 0 saturated heterocycles. The minimum atomic E-state index is -0.176. The van der Waals surface area contributed by atoms with Crippen LogP contribution < -0.4 is 11.1 Å². The Balaban J connectivity index is 0.00000200. The molecule has 5 heteroatoms. The average molecular weight is 299 g/mol. The second-order valence-electron chi connectivity index (χ2n) is 5.02. The van der Waals surface area contributed by atoms with Crippen LogP contribution in [0.5, 0.6) is 0 Å². The predicted molar refractivity (Wildman–Crippen MR) is 83.0 cm³/mol. The van der Waals surface area contributed by atoms with Gasteiger partial charge in [-0.1, -0.05) is 31.4 Å². The number of rotatable bonds is 5. The first kappa shape index (κ1) is 17.0. The van der Waals surface area contributed by atoms with Crippen LogP contribution in [0.15, 0.2) is 24.3 Å². The van der Waals surface area contributed by atoms with Crippen molar-refractivity contribution in [3.8, 4) is 0 Å². The number of nitrogens with one attached hydrogen (secondary N) is 1. The molecule has 4 nitrogen and oxygen atoms in total. The predicted octanol–water partition coefficient (Wildman–Crippen LogP) is 2.85. The molecule has 1 aliphatic rings. The molecular formula is C15H23ClN2O2. The Morgan fingerprint density at radius 3 is 2.75 bits per heavy atom. The van der Waals surface area contributed by atoms with Crippen LogP contribution in [0.25, 0.3) is 0 Å². The van der Waals surface area contributed by atoms with Gasteiger partial charge in [0.2, 0.25) is 5.91 Å². The molecule has 0 heterocycles. The minimum absolute atomic E-state index is 0. The van der Waals surface area contributed by atoms with Crippen LogP contribution >= 0.6 is 12.4 Å².